The average Bonchev–Trinajstić information content (AvgIpc) is 2.19. The van der Waals surface area contributed by atoms with Crippen LogP contribution in [0.15, 0.2) is 36.0 Å². The molecule has 0 aliphatic rings. The second-order valence-electron chi connectivity index (χ2n) is 3.92. The monoisotopic (exact) mass is 247 g/mol. The zero-order valence-corrected chi connectivity index (χ0v) is 10.5. The van der Waals surface area contributed by atoms with E-state index in [1.807, 2.05) is 19.9 Å². The Bertz CT molecular complexity index is 286. The van der Waals surface area contributed by atoms with Gasteiger partial charge in [-0.05, 0) is 6.42 Å². The third kappa shape index (κ3) is 8.74. The molecule has 0 aromatic carbocycles. The van der Waals surface area contributed by atoms with Gasteiger partial charge in [-0.2, -0.15) is 13.2 Å². The number of hydrogen-bond donors (Lipinski definition) is 1. The molecular weight excluding hydrogens is 227 g/mol. The summed E-state index contributed by atoms with van der Waals surface area (Å²) in [4.78, 5) is 0. The summed E-state index contributed by atoms with van der Waals surface area (Å²) in [5.41, 5.74) is -0.512. The molecule has 0 aromatic rings. The maximum atomic E-state index is 12.3. The highest BCUT2D eigenvalue weighted by atomic mass is 19.4. The van der Waals surface area contributed by atoms with Gasteiger partial charge < -0.3 is 5.32 Å². The van der Waals surface area contributed by atoms with Gasteiger partial charge in [-0.1, -0.05) is 51.2 Å². The van der Waals surface area contributed by atoms with Gasteiger partial charge in [0.05, 0.1) is 0 Å². The van der Waals surface area contributed by atoms with Crippen molar-refractivity contribution in [3.63, 3.8) is 0 Å². The Morgan fingerprint density at radius 3 is 2.29 bits per heavy atom. The van der Waals surface area contributed by atoms with E-state index in [0.29, 0.717) is 12.6 Å². The largest absolute Gasteiger partial charge is 0.412 e. The fourth-order valence-corrected chi connectivity index (χ4v) is 1.10. The van der Waals surface area contributed by atoms with E-state index in [2.05, 4.69) is 5.32 Å². The fourth-order valence-electron chi connectivity index (χ4n) is 1.10. The molecule has 0 atom stereocenters. The van der Waals surface area contributed by atoms with Gasteiger partial charge in [-0.25, -0.2) is 0 Å². The van der Waals surface area contributed by atoms with Crippen molar-refractivity contribution >= 4 is 0 Å². The molecule has 0 fully saturated rings. The molecule has 0 aromatic heterocycles. The second-order valence-corrected chi connectivity index (χ2v) is 3.92. The molecule has 0 aliphatic heterocycles. The lowest BCUT2D eigenvalue weighted by Gasteiger charge is -2.07. The number of allylic oxidation sites excluding steroid dienone is 5. The lowest BCUT2D eigenvalue weighted by Crippen LogP contribution is -2.22. The normalized spacial score (nSPS) is 14.4. The first-order valence-corrected chi connectivity index (χ1v) is 5.70. The van der Waals surface area contributed by atoms with Crippen molar-refractivity contribution in [3.05, 3.63) is 36.0 Å². The standard InChI is InChI=1S/C13H20F3N/c1-4-12(13(14,15)16)9-7-5-6-8-10-17-11(2)3/h5-9,11,17H,4,10H2,1-3H3/b7-5+,8-6+,12-9+. The number of alkyl halides is 3. The maximum absolute atomic E-state index is 12.3. The van der Waals surface area contributed by atoms with Crippen LogP contribution in [0.1, 0.15) is 27.2 Å². The Labute approximate surface area is 101 Å². The van der Waals surface area contributed by atoms with Crippen LogP contribution in [0.5, 0.6) is 0 Å². The third-order valence-corrected chi connectivity index (χ3v) is 2.04. The highest BCUT2D eigenvalue weighted by Crippen LogP contribution is 2.27. The van der Waals surface area contributed by atoms with Crippen LogP contribution < -0.4 is 5.32 Å². The molecule has 0 spiro atoms. The minimum Gasteiger partial charge on any atom is -0.311 e. The van der Waals surface area contributed by atoms with Gasteiger partial charge in [-0.15, -0.1) is 0 Å². The van der Waals surface area contributed by atoms with Crippen molar-refractivity contribution in [2.24, 2.45) is 0 Å². The van der Waals surface area contributed by atoms with Crippen molar-refractivity contribution < 1.29 is 13.2 Å². The van der Waals surface area contributed by atoms with Crippen LogP contribution in [-0.4, -0.2) is 18.8 Å². The van der Waals surface area contributed by atoms with Crippen LogP contribution in [0, 0.1) is 0 Å². The van der Waals surface area contributed by atoms with Crippen molar-refractivity contribution in [1.29, 1.82) is 0 Å². The summed E-state index contributed by atoms with van der Waals surface area (Å²) < 4.78 is 36.9. The van der Waals surface area contributed by atoms with Gasteiger partial charge >= 0.3 is 6.18 Å². The molecule has 17 heavy (non-hydrogen) atoms. The van der Waals surface area contributed by atoms with E-state index in [0.717, 1.165) is 6.08 Å². The quantitative estimate of drug-likeness (QED) is 0.700. The van der Waals surface area contributed by atoms with Crippen molar-refractivity contribution in [2.75, 3.05) is 6.54 Å². The summed E-state index contributed by atoms with van der Waals surface area (Å²) in [5, 5.41) is 3.16. The maximum Gasteiger partial charge on any atom is 0.412 e. The predicted octanol–water partition coefficient (Wildman–Crippen LogP) is 4.00. The van der Waals surface area contributed by atoms with E-state index < -0.39 is 11.7 Å². The Balaban J connectivity index is 4.12. The fraction of sp³-hybridized carbons (Fsp3) is 0.538. The van der Waals surface area contributed by atoms with Crippen LogP contribution in [0.2, 0.25) is 0 Å². The summed E-state index contributed by atoms with van der Waals surface area (Å²) in [6.45, 7) is 6.27. The van der Waals surface area contributed by atoms with Crippen LogP contribution in [0.3, 0.4) is 0 Å². The molecular formula is C13H20F3N. The van der Waals surface area contributed by atoms with Gasteiger partial charge in [0.25, 0.3) is 0 Å². The molecule has 0 heterocycles. The minimum atomic E-state index is -4.22. The molecule has 0 rings (SSSR count). The molecule has 0 saturated heterocycles. The Morgan fingerprint density at radius 1 is 1.18 bits per heavy atom. The van der Waals surface area contributed by atoms with E-state index in [1.165, 1.54) is 13.0 Å². The number of hydrogen-bond acceptors (Lipinski definition) is 1. The Kier molecular flexibility index (Phi) is 7.63. The van der Waals surface area contributed by atoms with Crippen LogP contribution in [0.25, 0.3) is 0 Å². The second kappa shape index (κ2) is 8.12. The molecule has 1 nitrogen and oxygen atoms in total. The number of halogens is 3. The number of rotatable bonds is 6. The first-order valence-electron chi connectivity index (χ1n) is 5.70. The molecule has 0 saturated carbocycles. The Hall–Kier alpha value is -1.03. The molecule has 0 radical (unpaired) electrons. The highest BCUT2D eigenvalue weighted by Gasteiger charge is 2.31. The van der Waals surface area contributed by atoms with Gasteiger partial charge in [-0.3, -0.25) is 0 Å². The highest BCUT2D eigenvalue weighted by molar-refractivity contribution is 5.19. The summed E-state index contributed by atoms with van der Waals surface area (Å²) in [7, 11) is 0. The summed E-state index contributed by atoms with van der Waals surface area (Å²) >= 11 is 0. The van der Waals surface area contributed by atoms with Gasteiger partial charge in [0.2, 0.25) is 0 Å². The molecule has 4 heteroatoms. The summed E-state index contributed by atoms with van der Waals surface area (Å²) in [5.74, 6) is 0. The molecule has 98 valence electrons. The van der Waals surface area contributed by atoms with Crippen LogP contribution >= 0.6 is 0 Å². The molecule has 0 bridgehead atoms. The van der Waals surface area contributed by atoms with Crippen molar-refractivity contribution in [3.8, 4) is 0 Å². The summed E-state index contributed by atoms with van der Waals surface area (Å²) in [6.07, 6.45) is 3.50. The third-order valence-electron chi connectivity index (χ3n) is 2.04. The molecule has 0 aliphatic carbocycles. The summed E-state index contributed by atoms with van der Waals surface area (Å²) in [6, 6.07) is 0.403. The van der Waals surface area contributed by atoms with E-state index in [9.17, 15) is 13.2 Å². The van der Waals surface area contributed by atoms with Crippen molar-refractivity contribution in [1.82, 2.24) is 5.32 Å². The van der Waals surface area contributed by atoms with Gasteiger partial charge in [0.1, 0.15) is 0 Å². The zero-order chi connectivity index (χ0) is 13.3. The molecule has 0 unspecified atom stereocenters. The van der Waals surface area contributed by atoms with Crippen LogP contribution in [-0.2, 0) is 0 Å². The van der Waals surface area contributed by atoms with E-state index >= 15 is 0 Å². The van der Waals surface area contributed by atoms with Crippen LogP contribution in [0.4, 0.5) is 13.2 Å². The predicted molar refractivity (Wildman–Crippen MR) is 65.8 cm³/mol. The van der Waals surface area contributed by atoms with E-state index in [4.69, 9.17) is 0 Å². The van der Waals surface area contributed by atoms with Gasteiger partial charge in [0.15, 0.2) is 0 Å². The first-order chi connectivity index (χ1) is 7.88. The molecule has 0 amide bonds. The van der Waals surface area contributed by atoms with Crippen molar-refractivity contribution in [2.45, 2.75) is 39.4 Å². The number of nitrogens with one attached hydrogen (secondary N) is 1. The average molecular weight is 247 g/mol. The topological polar surface area (TPSA) is 12.0 Å². The lowest BCUT2D eigenvalue weighted by molar-refractivity contribution is -0.0935. The Morgan fingerprint density at radius 2 is 1.82 bits per heavy atom. The van der Waals surface area contributed by atoms with Gasteiger partial charge in [0, 0.05) is 18.2 Å². The zero-order valence-electron chi connectivity index (χ0n) is 10.5. The molecule has 1 N–H and O–H groups in total. The minimum absolute atomic E-state index is 0.00748. The smallest absolute Gasteiger partial charge is 0.311 e. The first kappa shape index (κ1) is 16.0. The SMILES string of the molecule is CC\C(=C/C=C/C=C/CNC(C)C)C(F)(F)F. The van der Waals surface area contributed by atoms with E-state index in [-0.39, 0.29) is 6.42 Å². The lowest BCUT2D eigenvalue weighted by atomic mass is 10.2. The van der Waals surface area contributed by atoms with E-state index in [1.54, 1.807) is 12.2 Å².